The summed E-state index contributed by atoms with van der Waals surface area (Å²) in [4.78, 5) is 23.9. The third-order valence-corrected chi connectivity index (χ3v) is 4.13. The van der Waals surface area contributed by atoms with Gasteiger partial charge in [-0.25, -0.2) is 0 Å². The van der Waals surface area contributed by atoms with Crippen molar-refractivity contribution in [3.05, 3.63) is 41.7 Å². The lowest BCUT2D eigenvalue weighted by molar-refractivity contribution is -0.115. The van der Waals surface area contributed by atoms with Gasteiger partial charge < -0.3 is 15.2 Å². The molecule has 0 unspecified atom stereocenters. The predicted molar refractivity (Wildman–Crippen MR) is 91.6 cm³/mol. The average Bonchev–Trinajstić information content (AvgIpc) is 2.97. The van der Waals surface area contributed by atoms with E-state index in [0.717, 1.165) is 0 Å². The zero-order valence-electron chi connectivity index (χ0n) is 13.2. The van der Waals surface area contributed by atoms with E-state index in [4.69, 9.17) is 9.78 Å². The molecule has 0 aliphatic rings. The molecule has 0 spiro atoms. The van der Waals surface area contributed by atoms with Crippen LogP contribution in [0.3, 0.4) is 0 Å². The lowest BCUT2D eigenvalue weighted by Gasteiger charge is -2.10. The van der Waals surface area contributed by atoms with Gasteiger partial charge in [-0.2, -0.15) is 5.26 Å². The van der Waals surface area contributed by atoms with Gasteiger partial charge >= 0.3 is 0 Å². The number of carbonyl (C=O) groups excluding carboxylic acids is 2. The SMILES string of the molecule is Cc1cc(NC(=O)[C@@H](C)SCC(=O)Nc2cccc(C#N)c2)no1. The highest BCUT2D eigenvalue weighted by atomic mass is 32.2. The van der Waals surface area contributed by atoms with Gasteiger partial charge in [0.2, 0.25) is 11.8 Å². The summed E-state index contributed by atoms with van der Waals surface area (Å²) in [6.07, 6.45) is 0. The number of nitriles is 1. The number of amides is 2. The largest absolute Gasteiger partial charge is 0.360 e. The van der Waals surface area contributed by atoms with Crippen molar-refractivity contribution in [2.24, 2.45) is 0 Å². The minimum absolute atomic E-state index is 0.114. The fourth-order valence-electron chi connectivity index (χ4n) is 1.79. The first kappa shape index (κ1) is 17.6. The zero-order valence-corrected chi connectivity index (χ0v) is 14.0. The summed E-state index contributed by atoms with van der Waals surface area (Å²) in [5.41, 5.74) is 1.02. The first-order valence-electron chi connectivity index (χ1n) is 7.13. The molecule has 0 saturated heterocycles. The van der Waals surface area contributed by atoms with Gasteiger partial charge in [-0.1, -0.05) is 11.2 Å². The lowest BCUT2D eigenvalue weighted by Crippen LogP contribution is -2.25. The topological polar surface area (TPSA) is 108 Å². The molecule has 0 radical (unpaired) electrons. The van der Waals surface area contributed by atoms with Crippen molar-refractivity contribution in [3.8, 4) is 6.07 Å². The van der Waals surface area contributed by atoms with Crippen molar-refractivity contribution in [1.29, 1.82) is 5.26 Å². The normalized spacial score (nSPS) is 11.4. The fourth-order valence-corrected chi connectivity index (χ4v) is 2.48. The first-order chi connectivity index (χ1) is 11.5. The molecule has 124 valence electrons. The highest BCUT2D eigenvalue weighted by Crippen LogP contribution is 2.15. The highest BCUT2D eigenvalue weighted by Gasteiger charge is 2.16. The molecule has 1 atom stereocenters. The Hall–Kier alpha value is -2.79. The molecular formula is C16H16N4O3S. The minimum Gasteiger partial charge on any atom is -0.360 e. The summed E-state index contributed by atoms with van der Waals surface area (Å²) < 4.78 is 4.87. The van der Waals surface area contributed by atoms with Crippen molar-refractivity contribution in [1.82, 2.24) is 5.16 Å². The summed E-state index contributed by atoms with van der Waals surface area (Å²) in [5.74, 6) is 0.565. The van der Waals surface area contributed by atoms with Crippen LogP contribution in [0.5, 0.6) is 0 Å². The van der Waals surface area contributed by atoms with Crippen LogP contribution in [0.4, 0.5) is 11.5 Å². The maximum atomic E-state index is 12.0. The van der Waals surface area contributed by atoms with E-state index in [1.165, 1.54) is 11.8 Å². The molecule has 2 N–H and O–H groups in total. The van der Waals surface area contributed by atoms with Gasteiger partial charge in [-0.15, -0.1) is 11.8 Å². The number of hydrogen-bond donors (Lipinski definition) is 2. The maximum absolute atomic E-state index is 12.0. The van der Waals surface area contributed by atoms with Gasteiger partial charge in [-0.3, -0.25) is 9.59 Å². The lowest BCUT2D eigenvalue weighted by atomic mass is 10.2. The van der Waals surface area contributed by atoms with Gasteiger partial charge in [0.25, 0.3) is 0 Å². The van der Waals surface area contributed by atoms with Crippen LogP contribution in [0, 0.1) is 18.3 Å². The van der Waals surface area contributed by atoms with E-state index in [9.17, 15) is 9.59 Å². The Morgan fingerprint density at radius 1 is 1.38 bits per heavy atom. The molecule has 0 aliphatic carbocycles. The fraction of sp³-hybridized carbons (Fsp3) is 0.250. The minimum atomic E-state index is -0.432. The van der Waals surface area contributed by atoms with Gasteiger partial charge in [0.1, 0.15) is 5.76 Å². The third-order valence-electron chi connectivity index (χ3n) is 2.99. The second-order valence-corrected chi connectivity index (χ2v) is 6.34. The molecule has 1 heterocycles. The van der Waals surface area contributed by atoms with E-state index in [1.54, 1.807) is 44.2 Å². The molecule has 0 fully saturated rings. The van der Waals surface area contributed by atoms with Crippen LogP contribution < -0.4 is 10.6 Å². The predicted octanol–water partition coefficient (Wildman–Crippen LogP) is 2.55. The van der Waals surface area contributed by atoms with Crippen molar-refractivity contribution in [2.45, 2.75) is 19.1 Å². The Morgan fingerprint density at radius 3 is 2.83 bits per heavy atom. The standard InChI is InChI=1S/C16H16N4O3S/c1-10-6-14(20-23-10)19-16(22)11(2)24-9-15(21)18-13-5-3-4-12(7-13)8-17/h3-7,11H,9H2,1-2H3,(H,18,21)(H,19,20,22)/t11-/m1/s1. The Morgan fingerprint density at radius 2 is 2.17 bits per heavy atom. The summed E-state index contributed by atoms with van der Waals surface area (Å²) in [5, 5.41) is 17.4. The second kappa shape index (κ2) is 8.17. The number of thioether (sulfide) groups is 1. The van der Waals surface area contributed by atoms with Crippen molar-refractivity contribution < 1.29 is 14.1 Å². The van der Waals surface area contributed by atoms with E-state index < -0.39 is 5.25 Å². The maximum Gasteiger partial charge on any atom is 0.238 e. The first-order valence-corrected chi connectivity index (χ1v) is 8.18. The number of anilines is 2. The van der Waals surface area contributed by atoms with E-state index in [0.29, 0.717) is 22.8 Å². The zero-order chi connectivity index (χ0) is 17.5. The number of rotatable bonds is 6. The van der Waals surface area contributed by atoms with Crippen molar-refractivity contribution in [3.63, 3.8) is 0 Å². The van der Waals surface area contributed by atoms with Crippen LogP contribution in [-0.4, -0.2) is 28.0 Å². The number of aromatic nitrogens is 1. The number of carbonyl (C=O) groups is 2. The second-order valence-electron chi connectivity index (χ2n) is 5.01. The molecule has 2 aromatic rings. The van der Waals surface area contributed by atoms with E-state index >= 15 is 0 Å². The molecule has 0 bridgehead atoms. The molecule has 2 rings (SSSR count). The summed E-state index contributed by atoms with van der Waals surface area (Å²) in [7, 11) is 0. The Labute approximate surface area is 143 Å². The number of benzene rings is 1. The summed E-state index contributed by atoms with van der Waals surface area (Å²) >= 11 is 1.20. The smallest absolute Gasteiger partial charge is 0.238 e. The Kier molecular flexibility index (Phi) is 5.98. The Balaban J connectivity index is 1.80. The molecule has 1 aromatic heterocycles. The van der Waals surface area contributed by atoms with Gasteiger partial charge in [0.05, 0.1) is 22.6 Å². The quantitative estimate of drug-likeness (QED) is 0.834. The van der Waals surface area contributed by atoms with Crippen LogP contribution in [0.25, 0.3) is 0 Å². The molecule has 2 amide bonds. The average molecular weight is 344 g/mol. The van der Waals surface area contributed by atoms with Crippen LogP contribution in [0.1, 0.15) is 18.2 Å². The van der Waals surface area contributed by atoms with Gasteiger partial charge in [0.15, 0.2) is 5.82 Å². The molecule has 24 heavy (non-hydrogen) atoms. The number of nitrogens with zero attached hydrogens (tertiary/aromatic N) is 2. The molecule has 7 nitrogen and oxygen atoms in total. The molecule has 1 aromatic carbocycles. The summed E-state index contributed by atoms with van der Waals surface area (Å²) in [6, 6.07) is 10.3. The van der Waals surface area contributed by atoms with Gasteiger partial charge in [0, 0.05) is 11.8 Å². The van der Waals surface area contributed by atoms with Crippen molar-refractivity contribution in [2.75, 3.05) is 16.4 Å². The third kappa shape index (κ3) is 5.14. The van der Waals surface area contributed by atoms with Crippen molar-refractivity contribution >= 4 is 35.1 Å². The monoisotopic (exact) mass is 344 g/mol. The number of hydrogen-bond acceptors (Lipinski definition) is 6. The number of nitrogens with one attached hydrogen (secondary N) is 2. The van der Waals surface area contributed by atoms with Crippen LogP contribution >= 0.6 is 11.8 Å². The molecule has 0 aliphatic heterocycles. The van der Waals surface area contributed by atoms with Crippen LogP contribution in [-0.2, 0) is 9.59 Å². The van der Waals surface area contributed by atoms with Gasteiger partial charge in [-0.05, 0) is 32.0 Å². The number of aryl methyl sites for hydroxylation is 1. The van der Waals surface area contributed by atoms with Crippen LogP contribution in [0.15, 0.2) is 34.9 Å². The Bertz CT molecular complexity index is 782. The van der Waals surface area contributed by atoms with Crippen LogP contribution in [0.2, 0.25) is 0 Å². The molecular weight excluding hydrogens is 328 g/mol. The van der Waals surface area contributed by atoms with E-state index in [-0.39, 0.29) is 17.6 Å². The van der Waals surface area contributed by atoms with E-state index in [1.807, 2.05) is 6.07 Å². The highest BCUT2D eigenvalue weighted by molar-refractivity contribution is 8.01. The molecule has 0 saturated carbocycles. The van der Waals surface area contributed by atoms with E-state index in [2.05, 4.69) is 15.8 Å². The summed E-state index contributed by atoms with van der Waals surface area (Å²) in [6.45, 7) is 3.43. The molecule has 8 heteroatoms.